The Kier molecular flexibility index (Phi) is 2.30. The van der Waals surface area contributed by atoms with E-state index in [-0.39, 0.29) is 6.04 Å². The van der Waals surface area contributed by atoms with E-state index in [4.69, 9.17) is 5.73 Å². The van der Waals surface area contributed by atoms with Gasteiger partial charge in [-0.25, -0.2) is 0 Å². The topological polar surface area (TPSA) is 29.3 Å². The molecule has 0 spiro atoms. The zero-order chi connectivity index (χ0) is 9.42. The summed E-state index contributed by atoms with van der Waals surface area (Å²) in [6.45, 7) is 0.953. The number of rotatable bonds is 0. The predicted octanol–water partition coefficient (Wildman–Crippen LogP) is 1.77. The first-order chi connectivity index (χ1) is 6.16. The highest BCUT2D eigenvalue weighted by molar-refractivity contribution is 9.10. The zero-order valence-corrected chi connectivity index (χ0v) is 9.21. The lowest BCUT2D eigenvalue weighted by Crippen LogP contribution is -2.41. The van der Waals surface area contributed by atoms with E-state index in [1.807, 2.05) is 0 Å². The fourth-order valence-corrected chi connectivity index (χ4v) is 2.30. The highest BCUT2D eigenvalue weighted by Gasteiger charge is 2.18. The van der Waals surface area contributed by atoms with Crippen LogP contribution in [-0.2, 0) is 6.42 Å². The molecule has 0 aromatic heterocycles. The fourth-order valence-electron chi connectivity index (χ4n) is 1.89. The van der Waals surface area contributed by atoms with E-state index >= 15 is 0 Å². The third kappa shape index (κ3) is 1.71. The molecule has 0 bridgehead atoms. The van der Waals surface area contributed by atoms with Gasteiger partial charge >= 0.3 is 0 Å². The Bertz CT molecular complexity index is 325. The van der Waals surface area contributed by atoms with Gasteiger partial charge in [-0.2, -0.15) is 0 Å². The molecule has 2 rings (SSSR count). The molecule has 1 aliphatic rings. The van der Waals surface area contributed by atoms with E-state index in [1.54, 1.807) is 0 Å². The van der Waals surface area contributed by atoms with Crippen molar-refractivity contribution >= 4 is 21.6 Å². The lowest BCUT2D eigenvalue weighted by atomic mass is 9.99. The lowest BCUT2D eigenvalue weighted by molar-refractivity contribution is 0.627. The summed E-state index contributed by atoms with van der Waals surface area (Å²) in [5.41, 5.74) is 8.59. The van der Waals surface area contributed by atoms with E-state index in [0.29, 0.717) is 0 Å². The molecule has 0 saturated carbocycles. The average Bonchev–Trinajstić information content (AvgIpc) is 2.02. The molecule has 1 aromatic carbocycles. The molecular formula is C10H13BrN2. The number of halogens is 1. The van der Waals surface area contributed by atoms with Gasteiger partial charge in [0.1, 0.15) is 0 Å². The van der Waals surface area contributed by atoms with Gasteiger partial charge in [0.15, 0.2) is 0 Å². The molecule has 1 heterocycles. The minimum Gasteiger partial charge on any atom is -0.373 e. The first-order valence-corrected chi connectivity index (χ1v) is 5.21. The van der Waals surface area contributed by atoms with Crippen LogP contribution in [0.3, 0.4) is 0 Å². The smallest absolute Gasteiger partial charge is 0.0398 e. The van der Waals surface area contributed by atoms with E-state index in [2.05, 4.69) is 46.1 Å². The summed E-state index contributed by atoms with van der Waals surface area (Å²) in [5, 5.41) is 0. The Hall–Kier alpha value is -0.540. The van der Waals surface area contributed by atoms with Crippen LogP contribution < -0.4 is 10.6 Å². The summed E-state index contributed by atoms with van der Waals surface area (Å²) >= 11 is 3.47. The molecule has 13 heavy (non-hydrogen) atoms. The van der Waals surface area contributed by atoms with Gasteiger partial charge in [-0.15, -0.1) is 0 Å². The molecule has 1 atom stereocenters. The van der Waals surface area contributed by atoms with E-state index in [9.17, 15) is 0 Å². The summed E-state index contributed by atoms with van der Waals surface area (Å²) in [6, 6.07) is 6.65. The SMILES string of the molecule is CN1CC(N)Cc2cc(Br)ccc21. The van der Waals surface area contributed by atoms with Gasteiger partial charge in [0.25, 0.3) is 0 Å². The molecule has 1 aliphatic heterocycles. The summed E-state index contributed by atoms with van der Waals surface area (Å²) in [4.78, 5) is 2.22. The second-order valence-corrected chi connectivity index (χ2v) is 4.53. The Labute approximate surface area is 86.9 Å². The normalized spacial score (nSPS) is 21.5. The second-order valence-electron chi connectivity index (χ2n) is 3.62. The van der Waals surface area contributed by atoms with Crippen molar-refractivity contribution in [2.24, 2.45) is 5.73 Å². The number of anilines is 1. The van der Waals surface area contributed by atoms with Gasteiger partial charge in [0, 0.05) is 29.8 Å². The summed E-state index contributed by atoms with van der Waals surface area (Å²) in [6.07, 6.45) is 0.985. The van der Waals surface area contributed by atoms with Crippen molar-refractivity contribution in [2.45, 2.75) is 12.5 Å². The second kappa shape index (κ2) is 3.31. The third-order valence-electron chi connectivity index (χ3n) is 2.44. The summed E-state index contributed by atoms with van der Waals surface area (Å²) in [5.74, 6) is 0. The molecule has 0 aliphatic carbocycles. The average molecular weight is 241 g/mol. The van der Waals surface area contributed by atoms with Crippen molar-refractivity contribution in [3.05, 3.63) is 28.2 Å². The number of benzene rings is 1. The van der Waals surface area contributed by atoms with Crippen molar-refractivity contribution in [3.8, 4) is 0 Å². The maximum atomic E-state index is 5.93. The molecule has 2 N–H and O–H groups in total. The fraction of sp³-hybridized carbons (Fsp3) is 0.400. The number of fused-ring (bicyclic) bond motifs is 1. The Morgan fingerprint density at radius 2 is 2.31 bits per heavy atom. The number of nitrogens with zero attached hydrogens (tertiary/aromatic N) is 1. The maximum Gasteiger partial charge on any atom is 0.0398 e. The number of nitrogens with two attached hydrogens (primary N) is 1. The van der Waals surface area contributed by atoms with Gasteiger partial charge in [0.2, 0.25) is 0 Å². The van der Waals surface area contributed by atoms with Crippen LogP contribution in [0, 0.1) is 0 Å². The van der Waals surface area contributed by atoms with Crippen molar-refractivity contribution in [3.63, 3.8) is 0 Å². The highest BCUT2D eigenvalue weighted by Crippen LogP contribution is 2.28. The van der Waals surface area contributed by atoms with Crippen molar-refractivity contribution in [1.29, 1.82) is 0 Å². The van der Waals surface area contributed by atoms with Crippen molar-refractivity contribution in [1.82, 2.24) is 0 Å². The number of likely N-dealkylation sites (N-methyl/N-ethyl adjacent to an activating group) is 1. The van der Waals surface area contributed by atoms with Crippen LogP contribution in [0.2, 0.25) is 0 Å². The minimum atomic E-state index is 0.270. The molecule has 70 valence electrons. The summed E-state index contributed by atoms with van der Waals surface area (Å²) in [7, 11) is 2.09. The van der Waals surface area contributed by atoms with Crippen molar-refractivity contribution in [2.75, 3.05) is 18.5 Å². The van der Waals surface area contributed by atoms with Crippen LogP contribution in [0.25, 0.3) is 0 Å². The van der Waals surface area contributed by atoms with E-state index < -0.39 is 0 Å². The monoisotopic (exact) mass is 240 g/mol. The van der Waals surface area contributed by atoms with Crippen LogP contribution in [0.15, 0.2) is 22.7 Å². The lowest BCUT2D eigenvalue weighted by Gasteiger charge is -2.31. The molecule has 0 saturated heterocycles. The highest BCUT2D eigenvalue weighted by atomic mass is 79.9. The predicted molar refractivity (Wildman–Crippen MR) is 59.1 cm³/mol. The first-order valence-electron chi connectivity index (χ1n) is 4.42. The molecule has 2 nitrogen and oxygen atoms in total. The van der Waals surface area contributed by atoms with Crippen LogP contribution in [0.5, 0.6) is 0 Å². The largest absolute Gasteiger partial charge is 0.373 e. The van der Waals surface area contributed by atoms with Gasteiger partial charge in [-0.1, -0.05) is 15.9 Å². The van der Waals surface area contributed by atoms with E-state index in [1.165, 1.54) is 11.3 Å². The maximum absolute atomic E-state index is 5.93. The number of hydrogen-bond acceptors (Lipinski definition) is 2. The molecule has 3 heteroatoms. The molecular weight excluding hydrogens is 228 g/mol. The molecule has 1 unspecified atom stereocenters. The van der Waals surface area contributed by atoms with Crippen LogP contribution in [0.4, 0.5) is 5.69 Å². The van der Waals surface area contributed by atoms with E-state index in [0.717, 1.165) is 17.4 Å². The van der Waals surface area contributed by atoms with Crippen LogP contribution in [0.1, 0.15) is 5.56 Å². The molecule has 1 aromatic rings. The van der Waals surface area contributed by atoms with Crippen molar-refractivity contribution < 1.29 is 0 Å². The standard InChI is InChI=1S/C10H13BrN2/c1-13-6-9(12)5-7-4-8(11)2-3-10(7)13/h2-4,9H,5-6,12H2,1H3. The van der Waals surface area contributed by atoms with Gasteiger partial charge < -0.3 is 10.6 Å². The van der Waals surface area contributed by atoms with Crippen LogP contribution >= 0.6 is 15.9 Å². The van der Waals surface area contributed by atoms with Gasteiger partial charge in [0.05, 0.1) is 0 Å². The minimum absolute atomic E-state index is 0.270. The quantitative estimate of drug-likeness (QED) is 0.750. The number of hydrogen-bond donors (Lipinski definition) is 1. The molecule has 0 amide bonds. The Balaban J connectivity index is 2.43. The van der Waals surface area contributed by atoms with Gasteiger partial charge in [-0.3, -0.25) is 0 Å². The summed E-state index contributed by atoms with van der Waals surface area (Å²) < 4.78 is 1.13. The zero-order valence-electron chi connectivity index (χ0n) is 7.63. The Morgan fingerprint density at radius 1 is 1.54 bits per heavy atom. The van der Waals surface area contributed by atoms with Gasteiger partial charge in [-0.05, 0) is 30.2 Å². The third-order valence-corrected chi connectivity index (χ3v) is 2.94. The first kappa shape index (κ1) is 9.03. The van der Waals surface area contributed by atoms with Crippen LogP contribution in [-0.4, -0.2) is 19.6 Å². The molecule has 0 fully saturated rings. The molecule has 0 radical (unpaired) electrons. The Morgan fingerprint density at radius 3 is 3.08 bits per heavy atom.